The smallest absolute Gasteiger partial charge is 0.326 e. The van der Waals surface area contributed by atoms with Crippen LogP contribution in [0.3, 0.4) is 0 Å². The van der Waals surface area contributed by atoms with Gasteiger partial charge in [-0.25, -0.2) is 4.79 Å². The maximum atomic E-state index is 11.9. The van der Waals surface area contributed by atoms with Crippen molar-refractivity contribution in [1.29, 1.82) is 0 Å². The van der Waals surface area contributed by atoms with E-state index in [2.05, 4.69) is 10.6 Å². The van der Waals surface area contributed by atoms with Gasteiger partial charge in [-0.2, -0.15) is 0 Å². The Hall–Kier alpha value is -2.37. The fraction of sp³-hybridized carbons (Fsp3) is 0.357. The molecule has 6 nitrogen and oxygen atoms in total. The predicted octanol–water partition coefficient (Wildman–Crippen LogP) is 0.0771. The molecule has 2 rings (SSSR count). The molecule has 20 heavy (non-hydrogen) atoms. The van der Waals surface area contributed by atoms with Crippen LogP contribution in [0.15, 0.2) is 30.3 Å². The van der Waals surface area contributed by atoms with Crippen LogP contribution in [-0.2, 0) is 20.8 Å². The van der Waals surface area contributed by atoms with E-state index < -0.39 is 24.0 Å². The lowest BCUT2D eigenvalue weighted by Gasteiger charge is -2.17. The van der Waals surface area contributed by atoms with Crippen LogP contribution in [-0.4, -0.2) is 35.0 Å². The summed E-state index contributed by atoms with van der Waals surface area (Å²) in [6, 6.07) is 7.45. The molecule has 1 saturated heterocycles. The second-order valence-electron chi connectivity index (χ2n) is 4.75. The number of rotatable bonds is 5. The number of carbonyl (C=O) groups excluding carboxylic acids is 2. The molecule has 106 valence electrons. The zero-order valence-electron chi connectivity index (χ0n) is 10.8. The van der Waals surface area contributed by atoms with Crippen LogP contribution >= 0.6 is 0 Å². The number of benzene rings is 1. The van der Waals surface area contributed by atoms with Crippen molar-refractivity contribution >= 4 is 17.8 Å². The molecule has 0 spiro atoms. The fourth-order valence-corrected chi connectivity index (χ4v) is 2.13. The van der Waals surface area contributed by atoms with E-state index in [1.807, 2.05) is 18.2 Å². The summed E-state index contributed by atoms with van der Waals surface area (Å²) in [5, 5.41) is 14.2. The fourth-order valence-electron chi connectivity index (χ4n) is 2.13. The van der Waals surface area contributed by atoms with Crippen molar-refractivity contribution in [3.05, 3.63) is 35.9 Å². The standard InChI is InChI=1S/C14H16N2O4/c17-12-7-6-10(15-12)13(18)16-11(14(19)20)8-9-4-2-1-3-5-9/h1-5,10-11H,6-8H2,(H,15,17)(H,16,18)(H,19,20)/t10-,11+/m1/s1. The minimum absolute atomic E-state index is 0.180. The first-order valence-corrected chi connectivity index (χ1v) is 6.42. The first-order chi connectivity index (χ1) is 9.56. The number of carboxylic acids is 1. The van der Waals surface area contributed by atoms with Gasteiger partial charge in [-0.15, -0.1) is 0 Å². The van der Waals surface area contributed by atoms with E-state index in [4.69, 9.17) is 0 Å². The molecule has 1 heterocycles. The lowest BCUT2D eigenvalue weighted by molar-refractivity contribution is -0.142. The van der Waals surface area contributed by atoms with Gasteiger partial charge < -0.3 is 15.7 Å². The van der Waals surface area contributed by atoms with Crippen LogP contribution < -0.4 is 10.6 Å². The topological polar surface area (TPSA) is 95.5 Å². The molecule has 0 aromatic heterocycles. The predicted molar refractivity (Wildman–Crippen MR) is 70.9 cm³/mol. The Morgan fingerprint density at radius 3 is 2.60 bits per heavy atom. The largest absolute Gasteiger partial charge is 0.480 e. The molecule has 1 aromatic rings. The minimum Gasteiger partial charge on any atom is -0.480 e. The van der Waals surface area contributed by atoms with Gasteiger partial charge in [-0.3, -0.25) is 9.59 Å². The molecule has 1 fully saturated rings. The Morgan fingerprint density at radius 1 is 1.35 bits per heavy atom. The zero-order valence-corrected chi connectivity index (χ0v) is 10.8. The summed E-state index contributed by atoms with van der Waals surface area (Å²) >= 11 is 0. The number of hydrogen-bond donors (Lipinski definition) is 3. The number of aliphatic carboxylic acids is 1. The third-order valence-corrected chi connectivity index (χ3v) is 3.21. The van der Waals surface area contributed by atoms with Crippen LogP contribution in [0, 0.1) is 0 Å². The van der Waals surface area contributed by atoms with Crippen molar-refractivity contribution in [3.63, 3.8) is 0 Å². The minimum atomic E-state index is -1.09. The average molecular weight is 276 g/mol. The van der Waals surface area contributed by atoms with Gasteiger partial charge in [0.2, 0.25) is 11.8 Å². The quantitative estimate of drug-likeness (QED) is 0.709. The lowest BCUT2D eigenvalue weighted by atomic mass is 10.1. The zero-order chi connectivity index (χ0) is 14.5. The van der Waals surface area contributed by atoms with Crippen molar-refractivity contribution in [2.45, 2.75) is 31.3 Å². The van der Waals surface area contributed by atoms with Crippen LogP contribution in [0.5, 0.6) is 0 Å². The Labute approximate surface area is 116 Å². The van der Waals surface area contributed by atoms with E-state index in [1.165, 1.54) is 0 Å². The molecule has 0 radical (unpaired) electrons. The van der Waals surface area contributed by atoms with Gasteiger partial charge in [-0.1, -0.05) is 30.3 Å². The SMILES string of the molecule is O=C1CC[C@H](C(=O)N[C@@H](Cc2ccccc2)C(=O)O)N1. The lowest BCUT2D eigenvalue weighted by Crippen LogP contribution is -2.49. The Kier molecular flexibility index (Phi) is 4.34. The third-order valence-electron chi connectivity index (χ3n) is 3.21. The van der Waals surface area contributed by atoms with Gasteiger partial charge in [0, 0.05) is 12.8 Å². The Bertz CT molecular complexity index is 515. The van der Waals surface area contributed by atoms with E-state index in [1.54, 1.807) is 12.1 Å². The number of amides is 2. The molecule has 1 aliphatic rings. The molecule has 0 unspecified atom stereocenters. The molecule has 0 saturated carbocycles. The monoisotopic (exact) mass is 276 g/mol. The van der Waals surface area contributed by atoms with Gasteiger partial charge in [0.05, 0.1) is 0 Å². The Balaban J connectivity index is 1.97. The summed E-state index contributed by atoms with van der Waals surface area (Å²) in [5.74, 6) is -1.72. The molecule has 0 aliphatic carbocycles. The van der Waals surface area contributed by atoms with E-state index >= 15 is 0 Å². The molecule has 0 bridgehead atoms. The highest BCUT2D eigenvalue weighted by Crippen LogP contribution is 2.08. The number of carboxylic acid groups (broad SMARTS) is 1. The van der Waals surface area contributed by atoms with Gasteiger partial charge in [0.1, 0.15) is 12.1 Å². The highest BCUT2D eigenvalue weighted by atomic mass is 16.4. The highest BCUT2D eigenvalue weighted by Gasteiger charge is 2.30. The van der Waals surface area contributed by atoms with E-state index in [0.29, 0.717) is 12.8 Å². The van der Waals surface area contributed by atoms with Gasteiger partial charge >= 0.3 is 5.97 Å². The summed E-state index contributed by atoms with van der Waals surface area (Å²) in [5.41, 5.74) is 0.829. The third kappa shape index (κ3) is 3.57. The number of nitrogens with one attached hydrogen (secondary N) is 2. The normalized spacial score (nSPS) is 19.2. The molecule has 6 heteroatoms. The molecule has 3 N–H and O–H groups in total. The number of carbonyl (C=O) groups is 3. The molecule has 1 aromatic carbocycles. The highest BCUT2D eigenvalue weighted by molar-refractivity contribution is 5.92. The summed E-state index contributed by atoms with van der Waals surface area (Å²) in [6.07, 6.45) is 0.916. The summed E-state index contributed by atoms with van der Waals surface area (Å²) in [7, 11) is 0. The van der Waals surface area contributed by atoms with Gasteiger partial charge in [-0.05, 0) is 12.0 Å². The van der Waals surface area contributed by atoms with Crippen molar-refractivity contribution in [2.24, 2.45) is 0 Å². The van der Waals surface area contributed by atoms with E-state index in [9.17, 15) is 19.5 Å². The first kappa shape index (κ1) is 14.0. The summed E-state index contributed by atoms with van der Waals surface area (Å²) < 4.78 is 0. The van der Waals surface area contributed by atoms with Crippen molar-refractivity contribution in [1.82, 2.24) is 10.6 Å². The average Bonchev–Trinajstić information content (AvgIpc) is 2.86. The van der Waals surface area contributed by atoms with Crippen molar-refractivity contribution in [2.75, 3.05) is 0 Å². The molecular formula is C14H16N2O4. The molecule has 1 aliphatic heterocycles. The van der Waals surface area contributed by atoms with Crippen molar-refractivity contribution < 1.29 is 19.5 Å². The van der Waals surface area contributed by atoms with Crippen molar-refractivity contribution in [3.8, 4) is 0 Å². The maximum Gasteiger partial charge on any atom is 0.326 e. The maximum absolute atomic E-state index is 11.9. The van der Waals surface area contributed by atoms with Crippen LogP contribution in [0.25, 0.3) is 0 Å². The molecule has 2 atom stereocenters. The van der Waals surface area contributed by atoms with Crippen LogP contribution in [0.4, 0.5) is 0 Å². The number of hydrogen-bond acceptors (Lipinski definition) is 3. The Morgan fingerprint density at radius 2 is 2.05 bits per heavy atom. The van der Waals surface area contributed by atoms with Crippen LogP contribution in [0.2, 0.25) is 0 Å². The van der Waals surface area contributed by atoms with Gasteiger partial charge in [0.25, 0.3) is 0 Å². The second-order valence-corrected chi connectivity index (χ2v) is 4.75. The molecular weight excluding hydrogens is 260 g/mol. The molecule has 2 amide bonds. The van der Waals surface area contributed by atoms with E-state index in [0.717, 1.165) is 5.56 Å². The summed E-state index contributed by atoms with van der Waals surface area (Å²) in [4.78, 5) is 34.2. The van der Waals surface area contributed by atoms with E-state index in [-0.39, 0.29) is 12.3 Å². The van der Waals surface area contributed by atoms with Gasteiger partial charge in [0.15, 0.2) is 0 Å². The summed E-state index contributed by atoms with van der Waals surface area (Å²) in [6.45, 7) is 0. The second kappa shape index (κ2) is 6.18. The van der Waals surface area contributed by atoms with Crippen LogP contribution in [0.1, 0.15) is 18.4 Å². The first-order valence-electron chi connectivity index (χ1n) is 6.42.